The summed E-state index contributed by atoms with van der Waals surface area (Å²) in [4.78, 5) is 0. The topological polar surface area (TPSA) is 18.5 Å². The zero-order valence-corrected chi connectivity index (χ0v) is 12.8. The van der Waals surface area contributed by atoms with Crippen LogP contribution in [0.4, 0.5) is 4.39 Å². The molecule has 4 heteroatoms. The summed E-state index contributed by atoms with van der Waals surface area (Å²) in [5.74, 6) is 0.562. The second-order valence-corrected chi connectivity index (χ2v) is 4.97. The molecule has 2 nitrogen and oxygen atoms in total. The zero-order chi connectivity index (χ0) is 14.4. The Morgan fingerprint density at radius 1 is 1.10 bits per heavy atom. The van der Waals surface area contributed by atoms with Gasteiger partial charge in [-0.25, -0.2) is 4.39 Å². The lowest BCUT2D eigenvalue weighted by atomic mass is 10.1. The van der Waals surface area contributed by atoms with Gasteiger partial charge in [0.15, 0.2) is 0 Å². The average Bonchev–Trinajstić information content (AvgIpc) is 2.50. The van der Waals surface area contributed by atoms with Crippen LogP contribution in [0.5, 0.6) is 5.75 Å². The highest BCUT2D eigenvalue weighted by Crippen LogP contribution is 2.24. The van der Waals surface area contributed by atoms with E-state index in [0.717, 1.165) is 11.3 Å². The van der Waals surface area contributed by atoms with Crippen molar-refractivity contribution in [1.82, 2.24) is 0 Å². The molecule has 0 aliphatic rings. The molecule has 2 aromatic carbocycles. The Morgan fingerprint density at radius 2 is 1.80 bits per heavy atom. The predicted octanol–water partition coefficient (Wildman–Crippen LogP) is 4.49. The lowest BCUT2D eigenvalue weighted by Crippen LogP contribution is -2.06. The first-order valence-electron chi connectivity index (χ1n) is 6.29. The highest BCUT2D eigenvalue weighted by Gasteiger charge is 2.12. The second-order valence-electron chi connectivity index (χ2n) is 4.32. The summed E-state index contributed by atoms with van der Waals surface area (Å²) in [5.41, 5.74) is 1.59. The molecule has 0 aliphatic heterocycles. The van der Waals surface area contributed by atoms with Crippen LogP contribution in [0.25, 0.3) is 0 Å². The molecule has 0 spiro atoms. The van der Waals surface area contributed by atoms with Crippen molar-refractivity contribution >= 4 is 15.9 Å². The SMILES string of the molecule is COc1ccc(C(CBr)OCc2ccccc2F)cc1. The van der Waals surface area contributed by atoms with Crippen molar-refractivity contribution in [3.63, 3.8) is 0 Å². The third-order valence-electron chi connectivity index (χ3n) is 3.03. The zero-order valence-electron chi connectivity index (χ0n) is 11.2. The first kappa shape index (κ1) is 15.0. The number of hydrogen-bond acceptors (Lipinski definition) is 2. The standard InChI is InChI=1S/C16H16BrFO2/c1-19-14-8-6-12(7-9-14)16(10-17)20-11-13-4-2-3-5-15(13)18/h2-9,16H,10-11H2,1H3. The van der Waals surface area contributed by atoms with E-state index in [4.69, 9.17) is 9.47 Å². The van der Waals surface area contributed by atoms with Gasteiger partial charge < -0.3 is 9.47 Å². The number of benzene rings is 2. The van der Waals surface area contributed by atoms with E-state index in [-0.39, 0.29) is 18.5 Å². The van der Waals surface area contributed by atoms with Crippen molar-refractivity contribution < 1.29 is 13.9 Å². The Hall–Kier alpha value is -1.39. The summed E-state index contributed by atoms with van der Waals surface area (Å²) in [6.45, 7) is 0.245. The number of rotatable bonds is 6. The number of alkyl halides is 1. The van der Waals surface area contributed by atoms with Crippen molar-refractivity contribution in [2.75, 3.05) is 12.4 Å². The van der Waals surface area contributed by atoms with Crippen LogP contribution in [0.15, 0.2) is 48.5 Å². The van der Waals surface area contributed by atoms with Crippen LogP contribution < -0.4 is 4.74 Å². The van der Waals surface area contributed by atoms with Crippen LogP contribution in [0, 0.1) is 5.82 Å². The maximum Gasteiger partial charge on any atom is 0.128 e. The Morgan fingerprint density at radius 3 is 2.40 bits per heavy atom. The molecule has 0 N–H and O–H groups in total. The molecular weight excluding hydrogens is 323 g/mol. The van der Waals surface area contributed by atoms with Gasteiger partial charge in [-0.2, -0.15) is 0 Å². The summed E-state index contributed by atoms with van der Waals surface area (Å²) in [7, 11) is 1.63. The van der Waals surface area contributed by atoms with Crippen LogP contribution in [-0.4, -0.2) is 12.4 Å². The minimum absolute atomic E-state index is 0.125. The van der Waals surface area contributed by atoms with E-state index in [1.807, 2.05) is 24.3 Å². The molecule has 0 saturated carbocycles. The van der Waals surface area contributed by atoms with E-state index in [1.54, 1.807) is 25.3 Å². The van der Waals surface area contributed by atoms with E-state index in [2.05, 4.69) is 15.9 Å². The fourth-order valence-electron chi connectivity index (χ4n) is 1.85. The van der Waals surface area contributed by atoms with E-state index in [0.29, 0.717) is 10.9 Å². The maximum absolute atomic E-state index is 13.5. The molecule has 106 valence electrons. The highest BCUT2D eigenvalue weighted by atomic mass is 79.9. The smallest absolute Gasteiger partial charge is 0.128 e. The molecule has 0 radical (unpaired) electrons. The lowest BCUT2D eigenvalue weighted by Gasteiger charge is -2.16. The molecular formula is C16H16BrFO2. The molecule has 1 atom stereocenters. The van der Waals surface area contributed by atoms with Gasteiger partial charge in [-0.1, -0.05) is 46.3 Å². The Bertz CT molecular complexity index is 542. The summed E-state index contributed by atoms with van der Waals surface area (Å²) in [5, 5.41) is 0.647. The molecule has 20 heavy (non-hydrogen) atoms. The minimum atomic E-state index is -0.240. The summed E-state index contributed by atoms with van der Waals surface area (Å²) in [6.07, 6.45) is -0.125. The first-order valence-corrected chi connectivity index (χ1v) is 7.41. The number of methoxy groups -OCH3 is 1. The summed E-state index contributed by atoms with van der Waals surface area (Å²) < 4.78 is 24.5. The molecule has 0 amide bonds. The highest BCUT2D eigenvalue weighted by molar-refractivity contribution is 9.09. The van der Waals surface area contributed by atoms with Gasteiger partial charge >= 0.3 is 0 Å². The molecule has 2 aromatic rings. The molecule has 0 saturated heterocycles. The predicted molar refractivity (Wildman–Crippen MR) is 80.7 cm³/mol. The fraction of sp³-hybridized carbons (Fsp3) is 0.250. The van der Waals surface area contributed by atoms with Crippen LogP contribution in [0.2, 0.25) is 0 Å². The number of halogens is 2. The lowest BCUT2D eigenvalue weighted by molar-refractivity contribution is 0.0548. The van der Waals surface area contributed by atoms with Crippen molar-refractivity contribution in [2.24, 2.45) is 0 Å². The Kier molecular flexibility index (Phi) is 5.56. The normalized spacial score (nSPS) is 12.2. The van der Waals surface area contributed by atoms with Gasteiger partial charge in [-0.05, 0) is 23.8 Å². The van der Waals surface area contributed by atoms with Crippen LogP contribution in [-0.2, 0) is 11.3 Å². The molecule has 0 aromatic heterocycles. The van der Waals surface area contributed by atoms with Crippen molar-refractivity contribution in [3.8, 4) is 5.75 Å². The van der Waals surface area contributed by atoms with E-state index in [9.17, 15) is 4.39 Å². The molecule has 0 heterocycles. The van der Waals surface area contributed by atoms with Gasteiger partial charge in [-0.15, -0.1) is 0 Å². The van der Waals surface area contributed by atoms with E-state index in [1.165, 1.54) is 6.07 Å². The fourth-order valence-corrected chi connectivity index (χ4v) is 2.41. The van der Waals surface area contributed by atoms with Gasteiger partial charge in [0, 0.05) is 10.9 Å². The van der Waals surface area contributed by atoms with Crippen LogP contribution in [0.1, 0.15) is 17.2 Å². The van der Waals surface area contributed by atoms with E-state index < -0.39 is 0 Å². The van der Waals surface area contributed by atoms with Gasteiger partial charge in [0.2, 0.25) is 0 Å². The summed E-state index contributed by atoms with van der Waals surface area (Å²) >= 11 is 3.43. The number of ether oxygens (including phenoxy) is 2. The van der Waals surface area contributed by atoms with Crippen LogP contribution in [0.3, 0.4) is 0 Å². The number of hydrogen-bond donors (Lipinski definition) is 0. The average molecular weight is 339 g/mol. The summed E-state index contributed by atoms with van der Waals surface area (Å²) in [6, 6.07) is 14.3. The minimum Gasteiger partial charge on any atom is -0.497 e. The largest absolute Gasteiger partial charge is 0.497 e. The van der Waals surface area contributed by atoms with Gasteiger partial charge in [0.05, 0.1) is 19.8 Å². The molecule has 0 bridgehead atoms. The van der Waals surface area contributed by atoms with Gasteiger partial charge in [0.25, 0.3) is 0 Å². The van der Waals surface area contributed by atoms with Gasteiger partial charge in [-0.3, -0.25) is 0 Å². The quantitative estimate of drug-likeness (QED) is 0.722. The molecule has 0 aliphatic carbocycles. The third-order valence-corrected chi connectivity index (χ3v) is 3.61. The monoisotopic (exact) mass is 338 g/mol. The third kappa shape index (κ3) is 3.81. The first-order chi connectivity index (χ1) is 9.74. The Balaban J connectivity index is 2.03. The van der Waals surface area contributed by atoms with Crippen molar-refractivity contribution in [3.05, 3.63) is 65.5 Å². The Labute approximate surface area is 126 Å². The molecule has 0 fully saturated rings. The molecule has 2 rings (SSSR count). The van der Waals surface area contributed by atoms with Crippen molar-refractivity contribution in [2.45, 2.75) is 12.7 Å². The maximum atomic E-state index is 13.5. The molecule has 1 unspecified atom stereocenters. The van der Waals surface area contributed by atoms with E-state index >= 15 is 0 Å². The second kappa shape index (κ2) is 7.41. The van der Waals surface area contributed by atoms with Crippen molar-refractivity contribution in [1.29, 1.82) is 0 Å². The van der Waals surface area contributed by atoms with Gasteiger partial charge in [0.1, 0.15) is 11.6 Å². The van der Waals surface area contributed by atoms with Crippen LogP contribution >= 0.6 is 15.9 Å².